The van der Waals surface area contributed by atoms with Crippen molar-refractivity contribution in [2.75, 3.05) is 0 Å². The Morgan fingerprint density at radius 2 is 1.78 bits per heavy atom. The first-order valence-electron chi connectivity index (χ1n) is 6.57. The SMILES string of the molecule is Cc1ccccc1C(Br)c1ccc2c(c1)CCC2. The van der Waals surface area contributed by atoms with Crippen LogP contribution in [0.15, 0.2) is 42.5 Å². The Bertz CT molecular complexity index is 572. The van der Waals surface area contributed by atoms with Gasteiger partial charge in [-0.05, 0) is 54.0 Å². The number of alkyl halides is 1. The van der Waals surface area contributed by atoms with Gasteiger partial charge in [-0.2, -0.15) is 0 Å². The lowest BCUT2D eigenvalue weighted by Crippen LogP contribution is -1.97. The Morgan fingerprint density at radius 3 is 2.61 bits per heavy atom. The van der Waals surface area contributed by atoms with Crippen LogP contribution in [0.5, 0.6) is 0 Å². The predicted octanol–water partition coefficient (Wildman–Crippen LogP) is 4.97. The molecule has 2 aromatic carbocycles. The van der Waals surface area contributed by atoms with E-state index < -0.39 is 0 Å². The van der Waals surface area contributed by atoms with Gasteiger partial charge in [0.15, 0.2) is 0 Å². The Balaban J connectivity index is 1.98. The maximum absolute atomic E-state index is 3.85. The largest absolute Gasteiger partial charge is 0.0786 e. The average Bonchev–Trinajstić information content (AvgIpc) is 2.85. The van der Waals surface area contributed by atoms with Crippen LogP contribution >= 0.6 is 15.9 Å². The quantitative estimate of drug-likeness (QED) is 0.687. The van der Waals surface area contributed by atoms with Crippen LogP contribution in [0.1, 0.15) is 39.1 Å². The summed E-state index contributed by atoms with van der Waals surface area (Å²) >= 11 is 3.85. The first-order valence-corrected chi connectivity index (χ1v) is 7.48. The third-order valence-corrected chi connectivity index (χ3v) is 4.90. The zero-order valence-corrected chi connectivity index (χ0v) is 12.2. The molecule has 1 aliphatic carbocycles. The van der Waals surface area contributed by atoms with E-state index in [0.717, 1.165) is 0 Å². The highest BCUT2D eigenvalue weighted by Crippen LogP contribution is 2.35. The molecule has 1 atom stereocenters. The van der Waals surface area contributed by atoms with Crippen LogP contribution in [0.25, 0.3) is 0 Å². The van der Waals surface area contributed by atoms with E-state index in [9.17, 15) is 0 Å². The van der Waals surface area contributed by atoms with Crippen LogP contribution in [-0.2, 0) is 12.8 Å². The average molecular weight is 301 g/mol. The molecular weight excluding hydrogens is 284 g/mol. The van der Waals surface area contributed by atoms with Crippen LogP contribution in [-0.4, -0.2) is 0 Å². The number of rotatable bonds is 2. The van der Waals surface area contributed by atoms with Crippen molar-refractivity contribution in [2.24, 2.45) is 0 Å². The fourth-order valence-electron chi connectivity index (χ4n) is 2.80. The number of aryl methyl sites for hydroxylation is 3. The van der Waals surface area contributed by atoms with Crippen LogP contribution in [0.4, 0.5) is 0 Å². The highest BCUT2D eigenvalue weighted by molar-refractivity contribution is 9.09. The van der Waals surface area contributed by atoms with E-state index in [2.05, 4.69) is 65.3 Å². The summed E-state index contributed by atoms with van der Waals surface area (Å²) in [7, 11) is 0. The van der Waals surface area contributed by atoms with Gasteiger partial charge in [0.05, 0.1) is 4.83 Å². The molecule has 0 heterocycles. The smallest absolute Gasteiger partial charge is 0.0647 e. The molecule has 0 N–H and O–H groups in total. The van der Waals surface area contributed by atoms with Crippen molar-refractivity contribution in [3.63, 3.8) is 0 Å². The normalized spacial score (nSPS) is 15.4. The number of benzene rings is 2. The van der Waals surface area contributed by atoms with Gasteiger partial charge < -0.3 is 0 Å². The van der Waals surface area contributed by atoms with Gasteiger partial charge in [0.2, 0.25) is 0 Å². The van der Waals surface area contributed by atoms with Crippen molar-refractivity contribution >= 4 is 15.9 Å². The third kappa shape index (κ3) is 2.12. The van der Waals surface area contributed by atoms with E-state index in [1.165, 1.54) is 36.0 Å². The fourth-order valence-corrected chi connectivity index (χ4v) is 3.60. The van der Waals surface area contributed by atoms with Crippen molar-refractivity contribution in [3.05, 3.63) is 70.3 Å². The molecule has 0 saturated heterocycles. The molecule has 1 unspecified atom stereocenters. The monoisotopic (exact) mass is 300 g/mol. The second-order valence-electron chi connectivity index (χ2n) is 5.10. The zero-order chi connectivity index (χ0) is 12.5. The summed E-state index contributed by atoms with van der Waals surface area (Å²) in [6.07, 6.45) is 3.82. The molecule has 0 amide bonds. The molecule has 0 radical (unpaired) electrons. The minimum absolute atomic E-state index is 0.310. The molecular formula is C17H17Br. The number of hydrogen-bond donors (Lipinski definition) is 0. The maximum Gasteiger partial charge on any atom is 0.0647 e. The minimum atomic E-state index is 0.310. The minimum Gasteiger partial charge on any atom is -0.0786 e. The lowest BCUT2D eigenvalue weighted by molar-refractivity contribution is 0.911. The van der Waals surface area contributed by atoms with Gasteiger partial charge >= 0.3 is 0 Å². The highest BCUT2D eigenvalue weighted by atomic mass is 79.9. The van der Waals surface area contributed by atoms with Gasteiger partial charge in [0, 0.05) is 0 Å². The zero-order valence-electron chi connectivity index (χ0n) is 10.6. The molecule has 0 aromatic heterocycles. The van der Waals surface area contributed by atoms with E-state index in [1.54, 1.807) is 11.1 Å². The molecule has 0 saturated carbocycles. The first kappa shape index (κ1) is 12.0. The van der Waals surface area contributed by atoms with Crippen LogP contribution in [0.2, 0.25) is 0 Å². The highest BCUT2D eigenvalue weighted by Gasteiger charge is 2.16. The van der Waals surface area contributed by atoms with Crippen molar-refractivity contribution in [1.29, 1.82) is 0 Å². The summed E-state index contributed by atoms with van der Waals surface area (Å²) in [6, 6.07) is 15.6. The van der Waals surface area contributed by atoms with Crippen molar-refractivity contribution in [3.8, 4) is 0 Å². The molecule has 0 fully saturated rings. The molecule has 0 bridgehead atoms. The van der Waals surface area contributed by atoms with Crippen LogP contribution in [0.3, 0.4) is 0 Å². The van der Waals surface area contributed by atoms with Gasteiger partial charge in [-0.3, -0.25) is 0 Å². The van der Waals surface area contributed by atoms with Gasteiger partial charge in [-0.1, -0.05) is 58.4 Å². The maximum atomic E-state index is 3.85. The number of halogens is 1. The molecule has 3 rings (SSSR count). The van der Waals surface area contributed by atoms with Gasteiger partial charge in [0.1, 0.15) is 0 Å². The topological polar surface area (TPSA) is 0 Å². The molecule has 1 aliphatic rings. The first-order chi connectivity index (χ1) is 8.75. The summed E-state index contributed by atoms with van der Waals surface area (Å²) in [6.45, 7) is 2.18. The van der Waals surface area contributed by atoms with Gasteiger partial charge in [-0.15, -0.1) is 0 Å². The summed E-state index contributed by atoms with van der Waals surface area (Å²) in [5.41, 5.74) is 7.19. The molecule has 0 nitrogen and oxygen atoms in total. The molecule has 2 aromatic rings. The van der Waals surface area contributed by atoms with Crippen molar-refractivity contribution < 1.29 is 0 Å². The van der Waals surface area contributed by atoms with Gasteiger partial charge in [0.25, 0.3) is 0 Å². The van der Waals surface area contributed by atoms with Crippen LogP contribution < -0.4 is 0 Å². The number of fused-ring (bicyclic) bond motifs is 1. The number of hydrogen-bond acceptors (Lipinski definition) is 0. The standard InChI is InChI=1S/C17H17Br/c1-12-5-2-3-8-16(12)17(18)15-10-9-13-6-4-7-14(13)11-15/h2-3,5,8-11,17H,4,6-7H2,1H3. The Morgan fingerprint density at radius 1 is 1.00 bits per heavy atom. The Kier molecular flexibility index (Phi) is 3.25. The van der Waals surface area contributed by atoms with E-state index in [1.807, 2.05) is 0 Å². The summed E-state index contributed by atoms with van der Waals surface area (Å²) < 4.78 is 0. The van der Waals surface area contributed by atoms with E-state index in [-0.39, 0.29) is 0 Å². The lowest BCUT2D eigenvalue weighted by Gasteiger charge is -2.14. The molecule has 92 valence electrons. The van der Waals surface area contributed by atoms with E-state index >= 15 is 0 Å². The van der Waals surface area contributed by atoms with Crippen molar-refractivity contribution in [1.82, 2.24) is 0 Å². The fraction of sp³-hybridized carbons (Fsp3) is 0.294. The summed E-state index contributed by atoms with van der Waals surface area (Å²) in [5.74, 6) is 0. The molecule has 0 spiro atoms. The second-order valence-corrected chi connectivity index (χ2v) is 6.02. The lowest BCUT2D eigenvalue weighted by atomic mass is 9.98. The molecule has 18 heavy (non-hydrogen) atoms. The Labute approximate surface area is 117 Å². The van der Waals surface area contributed by atoms with E-state index in [0.29, 0.717) is 4.83 Å². The predicted molar refractivity (Wildman–Crippen MR) is 80.4 cm³/mol. The molecule has 1 heteroatoms. The van der Waals surface area contributed by atoms with Crippen molar-refractivity contribution in [2.45, 2.75) is 31.0 Å². The second kappa shape index (κ2) is 4.89. The third-order valence-electron chi connectivity index (χ3n) is 3.88. The molecule has 0 aliphatic heterocycles. The van der Waals surface area contributed by atoms with Crippen LogP contribution in [0, 0.1) is 6.92 Å². The summed E-state index contributed by atoms with van der Waals surface area (Å²) in [5, 5.41) is 0. The van der Waals surface area contributed by atoms with E-state index in [4.69, 9.17) is 0 Å². The van der Waals surface area contributed by atoms with Gasteiger partial charge in [-0.25, -0.2) is 0 Å². The summed E-state index contributed by atoms with van der Waals surface area (Å²) in [4.78, 5) is 0.310. The Hall–Kier alpha value is -1.08.